The van der Waals surface area contributed by atoms with Crippen molar-refractivity contribution in [2.75, 3.05) is 0 Å². The molecule has 5 heteroatoms. The van der Waals surface area contributed by atoms with E-state index >= 15 is 0 Å². The van der Waals surface area contributed by atoms with Gasteiger partial charge in [0.25, 0.3) is 0 Å². The Morgan fingerprint density at radius 3 is 1.71 bits per heavy atom. The van der Waals surface area contributed by atoms with Crippen LogP contribution in [0, 0.1) is 0 Å². The van der Waals surface area contributed by atoms with Gasteiger partial charge >= 0.3 is 0 Å². The van der Waals surface area contributed by atoms with Gasteiger partial charge in [-0.05, 0) is 70.3 Å². The van der Waals surface area contributed by atoms with Crippen LogP contribution in [0.5, 0.6) is 0 Å². The minimum Gasteiger partial charge on any atom is -0.456 e. The fraction of sp³-hybridized carbons (Fsp3) is 0. The lowest BCUT2D eigenvalue weighted by molar-refractivity contribution is 0.668. The molecule has 4 aromatic heterocycles. The van der Waals surface area contributed by atoms with Crippen molar-refractivity contribution in [1.82, 2.24) is 15.0 Å². The standard InChI is InChI=1S/C51H31N3O2/c1-2-9-34(10-3-1)44-30-45(35-20-16-32(17-21-35)38-11-8-28-52-31-38)54-51(53-44)36-22-18-33(19-23-36)39-26-27-40(50-49(39)43-13-5-7-15-47(43)56-50)37-24-25-42-41-12-4-6-14-46(41)55-48(42)29-37/h1-31H. The van der Waals surface area contributed by atoms with E-state index in [1.165, 1.54) is 0 Å². The first kappa shape index (κ1) is 31.9. The summed E-state index contributed by atoms with van der Waals surface area (Å²) in [4.78, 5) is 14.5. The molecule has 0 N–H and O–H groups in total. The number of hydrogen-bond donors (Lipinski definition) is 0. The molecule has 56 heavy (non-hydrogen) atoms. The molecular weight excluding hydrogens is 687 g/mol. The lowest BCUT2D eigenvalue weighted by Crippen LogP contribution is -1.96. The summed E-state index contributed by atoms with van der Waals surface area (Å²) < 4.78 is 12.9. The predicted octanol–water partition coefficient (Wildman–Crippen LogP) is 13.7. The molecule has 0 atom stereocenters. The second-order valence-electron chi connectivity index (χ2n) is 14.0. The van der Waals surface area contributed by atoms with Crippen molar-refractivity contribution in [3.05, 3.63) is 188 Å². The van der Waals surface area contributed by atoms with E-state index in [1.54, 1.807) is 6.20 Å². The minimum absolute atomic E-state index is 0.666. The average Bonchev–Trinajstić information content (AvgIpc) is 3.85. The predicted molar refractivity (Wildman–Crippen MR) is 227 cm³/mol. The van der Waals surface area contributed by atoms with E-state index in [0.717, 1.165) is 105 Å². The topological polar surface area (TPSA) is 65.0 Å². The van der Waals surface area contributed by atoms with Crippen LogP contribution in [-0.2, 0) is 0 Å². The third-order valence-corrected chi connectivity index (χ3v) is 10.6. The van der Waals surface area contributed by atoms with Crippen LogP contribution in [0.1, 0.15) is 0 Å². The lowest BCUT2D eigenvalue weighted by Gasteiger charge is -2.11. The summed E-state index contributed by atoms with van der Waals surface area (Å²) in [5.41, 5.74) is 14.6. The van der Waals surface area contributed by atoms with Gasteiger partial charge in [0.1, 0.15) is 22.3 Å². The maximum atomic E-state index is 6.65. The van der Waals surface area contributed by atoms with Gasteiger partial charge in [0.15, 0.2) is 5.82 Å². The fourth-order valence-corrected chi connectivity index (χ4v) is 7.84. The van der Waals surface area contributed by atoms with Crippen LogP contribution < -0.4 is 0 Å². The zero-order valence-corrected chi connectivity index (χ0v) is 30.1. The highest BCUT2D eigenvalue weighted by atomic mass is 16.3. The first-order chi connectivity index (χ1) is 27.7. The molecule has 11 rings (SSSR count). The minimum atomic E-state index is 0.666. The number of fused-ring (bicyclic) bond motifs is 6. The normalized spacial score (nSPS) is 11.6. The summed E-state index contributed by atoms with van der Waals surface area (Å²) in [6.45, 7) is 0. The Hall–Kier alpha value is -7.63. The Kier molecular flexibility index (Phi) is 7.42. The average molecular weight is 718 g/mol. The van der Waals surface area contributed by atoms with Crippen LogP contribution >= 0.6 is 0 Å². The molecule has 0 bridgehead atoms. The Morgan fingerprint density at radius 1 is 0.357 bits per heavy atom. The zero-order valence-electron chi connectivity index (χ0n) is 30.1. The number of para-hydroxylation sites is 2. The van der Waals surface area contributed by atoms with Gasteiger partial charge in [0.05, 0.1) is 11.4 Å². The van der Waals surface area contributed by atoms with Gasteiger partial charge < -0.3 is 8.83 Å². The van der Waals surface area contributed by atoms with Crippen molar-refractivity contribution in [1.29, 1.82) is 0 Å². The molecule has 7 aromatic carbocycles. The number of pyridine rings is 1. The van der Waals surface area contributed by atoms with Gasteiger partial charge in [-0.1, -0.05) is 133 Å². The first-order valence-electron chi connectivity index (χ1n) is 18.7. The molecule has 0 saturated heterocycles. The Morgan fingerprint density at radius 2 is 0.946 bits per heavy atom. The van der Waals surface area contributed by atoms with Crippen LogP contribution in [0.25, 0.3) is 111 Å². The van der Waals surface area contributed by atoms with Gasteiger partial charge in [-0.2, -0.15) is 0 Å². The molecule has 4 heterocycles. The molecule has 0 spiro atoms. The van der Waals surface area contributed by atoms with Crippen molar-refractivity contribution in [2.45, 2.75) is 0 Å². The number of rotatable bonds is 6. The van der Waals surface area contributed by atoms with Gasteiger partial charge in [-0.25, -0.2) is 9.97 Å². The maximum Gasteiger partial charge on any atom is 0.160 e. The quantitative estimate of drug-likeness (QED) is 0.171. The highest BCUT2D eigenvalue weighted by Gasteiger charge is 2.19. The molecule has 0 saturated carbocycles. The number of hydrogen-bond acceptors (Lipinski definition) is 5. The summed E-state index contributed by atoms with van der Waals surface area (Å²) in [5, 5.41) is 4.37. The van der Waals surface area contributed by atoms with E-state index in [4.69, 9.17) is 18.8 Å². The van der Waals surface area contributed by atoms with Crippen molar-refractivity contribution in [3.63, 3.8) is 0 Å². The first-order valence-corrected chi connectivity index (χ1v) is 18.7. The van der Waals surface area contributed by atoms with Gasteiger partial charge in [0, 0.05) is 56.2 Å². The summed E-state index contributed by atoms with van der Waals surface area (Å²) in [7, 11) is 0. The molecule has 0 unspecified atom stereocenters. The van der Waals surface area contributed by atoms with Crippen molar-refractivity contribution < 1.29 is 8.83 Å². The maximum absolute atomic E-state index is 6.65. The Labute approximate surface area is 322 Å². The zero-order chi connectivity index (χ0) is 37.0. The molecule has 0 aliphatic carbocycles. The fourth-order valence-electron chi connectivity index (χ4n) is 7.84. The Bertz CT molecular complexity index is 3220. The van der Waals surface area contributed by atoms with Crippen molar-refractivity contribution >= 4 is 43.9 Å². The summed E-state index contributed by atoms with van der Waals surface area (Å²) in [6, 6.07) is 60.6. The van der Waals surface area contributed by atoms with E-state index in [0.29, 0.717) is 5.82 Å². The van der Waals surface area contributed by atoms with Gasteiger partial charge in [-0.15, -0.1) is 0 Å². The highest BCUT2D eigenvalue weighted by molar-refractivity contribution is 6.17. The molecular formula is C51H31N3O2. The molecule has 0 aliphatic rings. The summed E-state index contributed by atoms with van der Waals surface area (Å²) in [6.07, 6.45) is 3.67. The second-order valence-corrected chi connectivity index (χ2v) is 14.0. The molecule has 0 fully saturated rings. The number of benzene rings is 7. The summed E-state index contributed by atoms with van der Waals surface area (Å²) in [5.74, 6) is 0.666. The van der Waals surface area contributed by atoms with Gasteiger partial charge in [-0.3, -0.25) is 4.98 Å². The number of aromatic nitrogens is 3. The number of nitrogens with zero attached hydrogens (tertiary/aromatic N) is 3. The Balaban J connectivity index is 1.00. The van der Waals surface area contributed by atoms with E-state index in [2.05, 4.69) is 126 Å². The van der Waals surface area contributed by atoms with Crippen LogP contribution in [0.2, 0.25) is 0 Å². The van der Waals surface area contributed by atoms with Crippen LogP contribution in [0.4, 0.5) is 0 Å². The van der Waals surface area contributed by atoms with Crippen LogP contribution in [-0.4, -0.2) is 15.0 Å². The largest absolute Gasteiger partial charge is 0.456 e. The van der Waals surface area contributed by atoms with Crippen LogP contribution in [0.3, 0.4) is 0 Å². The molecule has 0 amide bonds. The SMILES string of the molecule is c1ccc(-c2cc(-c3ccc(-c4cccnc4)cc3)nc(-c3ccc(-c4ccc(-c5ccc6c(c5)oc5ccccc56)c5oc6ccccc6c45)cc3)n2)cc1. The molecule has 0 radical (unpaired) electrons. The summed E-state index contributed by atoms with van der Waals surface area (Å²) >= 11 is 0. The van der Waals surface area contributed by atoms with Crippen molar-refractivity contribution in [2.24, 2.45) is 0 Å². The lowest BCUT2D eigenvalue weighted by atomic mass is 9.94. The van der Waals surface area contributed by atoms with E-state index in [1.807, 2.05) is 60.8 Å². The number of furan rings is 2. The second kappa shape index (κ2) is 13.0. The highest BCUT2D eigenvalue weighted by Crippen LogP contribution is 2.43. The molecule has 262 valence electrons. The van der Waals surface area contributed by atoms with E-state index in [-0.39, 0.29) is 0 Å². The third kappa shape index (κ3) is 5.45. The third-order valence-electron chi connectivity index (χ3n) is 10.6. The van der Waals surface area contributed by atoms with Crippen molar-refractivity contribution in [3.8, 4) is 67.3 Å². The van der Waals surface area contributed by atoms with E-state index in [9.17, 15) is 0 Å². The molecule has 5 nitrogen and oxygen atoms in total. The van der Waals surface area contributed by atoms with Crippen LogP contribution in [0.15, 0.2) is 197 Å². The van der Waals surface area contributed by atoms with E-state index < -0.39 is 0 Å². The monoisotopic (exact) mass is 717 g/mol. The van der Waals surface area contributed by atoms with Gasteiger partial charge in [0.2, 0.25) is 0 Å². The smallest absolute Gasteiger partial charge is 0.160 e. The molecule has 0 aliphatic heterocycles. The molecule has 11 aromatic rings.